The van der Waals surface area contributed by atoms with E-state index in [1.165, 1.54) is 4.90 Å². The Morgan fingerprint density at radius 3 is 2.50 bits per heavy atom. The van der Waals surface area contributed by atoms with Crippen LogP contribution in [0.3, 0.4) is 0 Å². The van der Waals surface area contributed by atoms with Crippen LogP contribution in [0.2, 0.25) is 0 Å². The van der Waals surface area contributed by atoms with Crippen molar-refractivity contribution in [3.8, 4) is 0 Å². The third-order valence-corrected chi connectivity index (χ3v) is 7.32. The Labute approximate surface area is 179 Å². The molecular formula is C22H37N3O5. The summed E-state index contributed by atoms with van der Waals surface area (Å²) in [7, 11) is 0. The van der Waals surface area contributed by atoms with Gasteiger partial charge in [-0.15, -0.1) is 0 Å². The predicted octanol–water partition coefficient (Wildman–Crippen LogP) is 0.822. The molecule has 6 atom stereocenters. The summed E-state index contributed by atoms with van der Waals surface area (Å²) < 4.78 is 6.54. The number of amides is 3. The number of hydrogen-bond donors (Lipinski definition) is 3. The molecule has 0 radical (unpaired) electrons. The van der Waals surface area contributed by atoms with Crippen molar-refractivity contribution < 1.29 is 24.2 Å². The number of ether oxygens (including phenoxy) is 1. The number of carbonyl (C=O) groups is 3. The number of unbranched alkanes of at least 4 members (excludes halogenated alkanes) is 2. The van der Waals surface area contributed by atoms with Crippen LogP contribution < -0.4 is 10.6 Å². The molecule has 0 aromatic carbocycles. The van der Waals surface area contributed by atoms with E-state index in [1.54, 1.807) is 0 Å². The van der Waals surface area contributed by atoms with Gasteiger partial charge in [-0.05, 0) is 32.1 Å². The first-order chi connectivity index (χ1) is 14.3. The lowest BCUT2D eigenvalue weighted by Gasteiger charge is -2.36. The number of aliphatic hydroxyl groups is 1. The van der Waals surface area contributed by atoms with Gasteiger partial charge >= 0.3 is 0 Å². The van der Waals surface area contributed by atoms with E-state index in [-0.39, 0.29) is 36.8 Å². The average Bonchev–Trinajstić information content (AvgIpc) is 3.21. The van der Waals surface area contributed by atoms with Crippen molar-refractivity contribution in [2.24, 2.45) is 17.8 Å². The van der Waals surface area contributed by atoms with Gasteiger partial charge in [-0.2, -0.15) is 0 Å². The monoisotopic (exact) mass is 423 g/mol. The van der Waals surface area contributed by atoms with Crippen molar-refractivity contribution in [2.45, 2.75) is 77.0 Å². The van der Waals surface area contributed by atoms with E-state index in [1.807, 2.05) is 20.8 Å². The fraction of sp³-hybridized carbons (Fsp3) is 0.864. The Morgan fingerprint density at radius 1 is 1.17 bits per heavy atom. The number of β-amino-alcohol motifs (C(OH)–C–C–N with tert-alkyl or cyclic N) is 1. The molecule has 3 amide bonds. The van der Waals surface area contributed by atoms with Crippen LogP contribution in [0.15, 0.2) is 0 Å². The maximum atomic E-state index is 13.5. The molecule has 0 aliphatic carbocycles. The van der Waals surface area contributed by atoms with Gasteiger partial charge in [0.2, 0.25) is 17.7 Å². The van der Waals surface area contributed by atoms with Gasteiger partial charge in [-0.3, -0.25) is 14.4 Å². The largest absolute Gasteiger partial charge is 0.395 e. The van der Waals surface area contributed by atoms with Crippen molar-refractivity contribution in [3.05, 3.63) is 0 Å². The molecular weight excluding hydrogens is 386 g/mol. The first-order valence-corrected chi connectivity index (χ1v) is 11.4. The Bertz CT molecular complexity index is 686. The van der Waals surface area contributed by atoms with E-state index in [0.717, 1.165) is 25.7 Å². The van der Waals surface area contributed by atoms with E-state index < -0.39 is 29.1 Å². The van der Waals surface area contributed by atoms with E-state index in [4.69, 9.17) is 4.74 Å². The number of carbonyl (C=O) groups excluding carboxylic acids is 3. The van der Waals surface area contributed by atoms with Crippen LogP contribution in [0.1, 0.15) is 59.8 Å². The van der Waals surface area contributed by atoms with E-state index >= 15 is 0 Å². The fourth-order valence-electron chi connectivity index (χ4n) is 5.83. The van der Waals surface area contributed by atoms with Crippen molar-refractivity contribution in [1.29, 1.82) is 0 Å². The van der Waals surface area contributed by atoms with Gasteiger partial charge in [0.15, 0.2) is 0 Å². The van der Waals surface area contributed by atoms with Crippen LogP contribution >= 0.6 is 0 Å². The van der Waals surface area contributed by atoms with Crippen LogP contribution in [-0.4, -0.2) is 71.2 Å². The molecule has 0 saturated carbocycles. The minimum atomic E-state index is -1.02. The van der Waals surface area contributed by atoms with Crippen LogP contribution in [0.25, 0.3) is 0 Å². The number of hydrogen-bond acceptors (Lipinski definition) is 5. The highest BCUT2D eigenvalue weighted by Gasteiger charge is 2.79. The van der Waals surface area contributed by atoms with E-state index in [9.17, 15) is 19.5 Å². The molecule has 3 N–H and O–H groups in total. The number of aliphatic hydroxyl groups excluding tert-OH is 1. The summed E-state index contributed by atoms with van der Waals surface area (Å²) in [4.78, 5) is 41.3. The standard InChI is InChI=1S/C22H37N3O5/c1-5-7-8-10-24-19(28)17-22-13-14(3)21(4,30-22)15(18(27)23-9-6-2)16(22)20(29)25(17)11-12-26/h14-17,26H,5-13H2,1-4H3,(H,23,27)(H,24,28)/t14?,15-,16+,17?,21+,22?/m1/s1. The molecule has 3 aliphatic rings. The van der Waals surface area contributed by atoms with Crippen molar-refractivity contribution in [1.82, 2.24) is 15.5 Å². The van der Waals surface area contributed by atoms with Crippen molar-refractivity contribution in [2.75, 3.05) is 26.2 Å². The number of fused-ring (bicyclic) bond motifs is 1. The van der Waals surface area contributed by atoms with Crippen LogP contribution in [-0.2, 0) is 19.1 Å². The molecule has 2 bridgehead atoms. The third kappa shape index (κ3) is 3.42. The Kier molecular flexibility index (Phi) is 6.77. The molecule has 0 aromatic rings. The molecule has 3 fully saturated rings. The third-order valence-electron chi connectivity index (χ3n) is 7.32. The minimum Gasteiger partial charge on any atom is -0.395 e. The molecule has 3 rings (SSSR count). The SMILES string of the molecule is CCCCCNC(=O)C1N(CCO)C(=O)[C@@H]2[C@H](C(=O)NCCC)[C@@]3(C)OC12CC3C. The zero-order chi connectivity index (χ0) is 22.1. The van der Waals surface area contributed by atoms with E-state index in [2.05, 4.69) is 17.6 Å². The first-order valence-electron chi connectivity index (χ1n) is 11.4. The molecule has 3 heterocycles. The van der Waals surface area contributed by atoms with Gasteiger partial charge in [-0.1, -0.05) is 33.6 Å². The Balaban J connectivity index is 1.94. The molecule has 170 valence electrons. The summed E-state index contributed by atoms with van der Waals surface area (Å²) in [6.07, 6.45) is 4.29. The molecule has 30 heavy (non-hydrogen) atoms. The highest BCUT2D eigenvalue weighted by atomic mass is 16.5. The zero-order valence-electron chi connectivity index (χ0n) is 18.7. The number of likely N-dealkylation sites (tertiary alicyclic amines) is 1. The summed E-state index contributed by atoms with van der Waals surface area (Å²) in [5, 5.41) is 15.5. The summed E-state index contributed by atoms with van der Waals surface area (Å²) in [6.45, 7) is 8.90. The number of nitrogens with one attached hydrogen (secondary N) is 2. The van der Waals surface area contributed by atoms with Crippen LogP contribution in [0.5, 0.6) is 0 Å². The van der Waals surface area contributed by atoms with Crippen LogP contribution in [0.4, 0.5) is 0 Å². The number of nitrogens with zero attached hydrogens (tertiary/aromatic N) is 1. The average molecular weight is 424 g/mol. The first kappa shape index (κ1) is 23.0. The maximum Gasteiger partial charge on any atom is 0.245 e. The van der Waals surface area contributed by atoms with Gasteiger partial charge in [0, 0.05) is 19.6 Å². The highest BCUT2D eigenvalue weighted by Crippen LogP contribution is 2.65. The Hall–Kier alpha value is -1.67. The zero-order valence-corrected chi connectivity index (χ0v) is 18.7. The summed E-state index contributed by atoms with van der Waals surface area (Å²) in [5.41, 5.74) is -1.81. The van der Waals surface area contributed by atoms with Crippen molar-refractivity contribution >= 4 is 17.7 Å². The molecule has 3 unspecified atom stereocenters. The minimum absolute atomic E-state index is 0.0309. The molecule has 8 nitrogen and oxygen atoms in total. The second-order valence-corrected chi connectivity index (χ2v) is 9.25. The maximum absolute atomic E-state index is 13.5. The van der Waals surface area contributed by atoms with E-state index in [0.29, 0.717) is 19.5 Å². The topological polar surface area (TPSA) is 108 Å². The summed E-state index contributed by atoms with van der Waals surface area (Å²) in [6, 6.07) is -0.822. The number of rotatable bonds is 10. The summed E-state index contributed by atoms with van der Waals surface area (Å²) >= 11 is 0. The van der Waals surface area contributed by atoms with Gasteiger partial charge in [0.1, 0.15) is 11.6 Å². The second kappa shape index (κ2) is 8.83. The smallest absolute Gasteiger partial charge is 0.245 e. The molecule has 3 aliphatic heterocycles. The predicted molar refractivity (Wildman–Crippen MR) is 111 cm³/mol. The normalized spacial score (nSPS) is 36.8. The van der Waals surface area contributed by atoms with Gasteiger partial charge in [-0.25, -0.2) is 0 Å². The van der Waals surface area contributed by atoms with Crippen LogP contribution in [0, 0.1) is 17.8 Å². The molecule has 3 saturated heterocycles. The summed E-state index contributed by atoms with van der Waals surface area (Å²) in [5.74, 6) is -2.00. The molecule has 1 spiro atoms. The lowest BCUT2D eigenvalue weighted by Crippen LogP contribution is -2.56. The fourth-order valence-corrected chi connectivity index (χ4v) is 5.83. The lowest BCUT2D eigenvalue weighted by molar-refractivity contribution is -0.147. The van der Waals surface area contributed by atoms with Gasteiger partial charge in [0.05, 0.1) is 24.0 Å². The lowest BCUT2D eigenvalue weighted by atomic mass is 9.62. The second-order valence-electron chi connectivity index (χ2n) is 9.25. The molecule has 0 aromatic heterocycles. The molecule has 8 heteroatoms. The Morgan fingerprint density at radius 2 is 1.87 bits per heavy atom. The van der Waals surface area contributed by atoms with Gasteiger partial charge in [0.25, 0.3) is 0 Å². The van der Waals surface area contributed by atoms with Gasteiger partial charge < -0.3 is 25.4 Å². The van der Waals surface area contributed by atoms with Crippen molar-refractivity contribution in [3.63, 3.8) is 0 Å². The highest BCUT2D eigenvalue weighted by molar-refractivity contribution is 5.99. The quantitative estimate of drug-likeness (QED) is 0.451.